The summed E-state index contributed by atoms with van der Waals surface area (Å²) in [4.78, 5) is 14.2. The van der Waals surface area contributed by atoms with Gasteiger partial charge in [0.15, 0.2) is 0 Å². The van der Waals surface area contributed by atoms with Gasteiger partial charge in [0.1, 0.15) is 0 Å². The number of aliphatic hydroxyl groups is 1. The Labute approximate surface area is 107 Å². The molecule has 1 unspecified atom stereocenters. The van der Waals surface area contributed by atoms with Gasteiger partial charge in [-0.05, 0) is 38.0 Å². The van der Waals surface area contributed by atoms with Crippen LogP contribution in [0.2, 0.25) is 0 Å². The number of anilines is 1. The van der Waals surface area contributed by atoms with Gasteiger partial charge in [-0.2, -0.15) is 0 Å². The third-order valence-corrected chi connectivity index (χ3v) is 3.62. The Morgan fingerprint density at radius 3 is 2.50 bits per heavy atom. The van der Waals surface area contributed by atoms with Crippen LogP contribution in [0.4, 0.5) is 5.69 Å². The lowest BCUT2D eigenvalue weighted by Gasteiger charge is -2.29. The number of rotatable bonds is 2. The number of carbonyl (C=O) groups is 1. The molecule has 98 valence electrons. The number of carbonyl (C=O) groups excluding carboxylic acids is 1. The Morgan fingerprint density at radius 2 is 2.00 bits per heavy atom. The largest absolute Gasteiger partial charge is 0.399 e. The highest BCUT2D eigenvalue weighted by Crippen LogP contribution is 2.28. The van der Waals surface area contributed by atoms with Crippen LogP contribution in [0.25, 0.3) is 0 Å². The van der Waals surface area contributed by atoms with Crippen molar-refractivity contribution in [3.05, 3.63) is 29.8 Å². The van der Waals surface area contributed by atoms with Crippen LogP contribution in [0.15, 0.2) is 24.3 Å². The molecule has 0 saturated carbocycles. The van der Waals surface area contributed by atoms with E-state index in [2.05, 4.69) is 0 Å². The van der Waals surface area contributed by atoms with Crippen LogP contribution >= 0.6 is 0 Å². The number of aliphatic hydroxyl groups excluding tert-OH is 1. The summed E-state index contributed by atoms with van der Waals surface area (Å²) in [5.74, 6) is 0.0591. The van der Waals surface area contributed by atoms with Crippen molar-refractivity contribution < 1.29 is 9.90 Å². The van der Waals surface area contributed by atoms with Crippen molar-refractivity contribution in [2.75, 3.05) is 18.8 Å². The molecule has 1 aliphatic rings. The SMILES string of the molecule is CC(C)(C(=O)N1CCC(O)C1)c1ccc(N)cc1. The zero-order valence-corrected chi connectivity index (χ0v) is 10.9. The predicted octanol–water partition coefficient (Wildman–Crippen LogP) is 1.14. The van der Waals surface area contributed by atoms with E-state index in [0.29, 0.717) is 25.2 Å². The lowest BCUT2D eigenvalue weighted by Crippen LogP contribution is -2.42. The predicted molar refractivity (Wildman–Crippen MR) is 71.1 cm³/mol. The maximum absolute atomic E-state index is 12.5. The van der Waals surface area contributed by atoms with E-state index in [1.54, 1.807) is 4.90 Å². The van der Waals surface area contributed by atoms with Gasteiger partial charge in [-0.25, -0.2) is 0 Å². The summed E-state index contributed by atoms with van der Waals surface area (Å²) < 4.78 is 0. The Balaban J connectivity index is 2.19. The molecule has 0 aliphatic carbocycles. The highest BCUT2D eigenvalue weighted by atomic mass is 16.3. The number of hydrogen-bond acceptors (Lipinski definition) is 3. The smallest absolute Gasteiger partial charge is 0.232 e. The summed E-state index contributed by atoms with van der Waals surface area (Å²) in [6, 6.07) is 7.39. The Bertz CT molecular complexity index is 440. The van der Waals surface area contributed by atoms with Gasteiger partial charge >= 0.3 is 0 Å². The van der Waals surface area contributed by atoms with E-state index in [4.69, 9.17) is 5.73 Å². The van der Waals surface area contributed by atoms with Gasteiger partial charge in [0.2, 0.25) is 5.91 Å². The number of amides is 1. The maximum atomic E-state index is 12.5. The zero-order valence-electron chi connectivity index (χ0n) is 10.9. The van der Waals surface area contributed by atoms with Gasteiger partial charge in [-0.15, -0.1) is 0 Å². The van der Waals surface area contributed by atoms with Crippen molar-refractivity contribution in [2.24, 2.45) is 0 Å². The van der Waals surface area contributed by atoms with Crippen LogP contribution in [-0.2, 0) is 10.2 Å². The van der Waals surface area contributed by atoms with Gasteiger partial charge in [0.25, 0.3) is 0 Å². The summed E-state index contributed by atoms with van der Waals surface area (Å²) in [7, 11) is 0. The van der Waals surface area contributed by atoms with Crippen LogP contribution in [0.3, 0.4) is 0 Å². The average Bonchev–Trinajstić information content (AvgIpc) is 2.75. The Hall–Kier alpha value is -1.55. The molecule has 1 atom stereocenters. The van der Waals surface area contributed by atoms with Gasteiger partial charge < -0.3 is 15.7 Å². The topological polar surface area (TPSA) is 66.6 Å². The van der Waals surface area contributed by atoms with E-state index in [1.807, 2.05) is 38.1 Å². The molecule has 2 rings (SSSR count). The molecule has 0 spiro atoms. The first-order valence-corrected chi connectivity index (χ1v) is 6.24. The van der Waals surface area contributed by atoms with Crippen molar-refractivity contribution in [3.63, 3.8) is 0 Å². The molecule has 1 heterocycles. The average molecular weight is 248 g/mol. The normalized spacial score (nSPS) is 20.2. The van der Waals surface area contributed by atoms with Gasteiger partial charge in [0, 0.05) is 18.8 Å². The number of benzene rings is 1. The first-order valence-electron chi connectivity index (χ1n) is 6.24. The molecule has 1 aliphatic heterocycles. The third-order valence-electron chi connectivity index (χ3n) is 3.62. The molecule has 1 aromatic carbocycles. The number of nitrogen functional groups attached to an aromatic ring is 1. The minimum Gasteiger partial charge on any atom is -0.399 e. The van der Waals surface area contributed by atoms with Gasteiger partial charge in [-0.3, -0.25) is 4.79 Å². The number of β-amino-alcohol motifs (C(OH)–C–C–N with tert-alkyl or cyclic N) is 1. The second kappa shape index (κ2) is 4.61. The standard InChI is InChI=1S/C14H20N2O2/c1-14(2,10-3-5-11(15)6-4-10)13(18)16-8-7-12(17)9-16/h3-6,12,17H,7-9,15H2,1-2H3. The fourth-order valence-corrected chi connectivity index (χ4v) is 2.34. The van der Waals surface area contributed by atoms with Crippen molar-refractivity contribution in [1.82, 2.24) is 4.90 Å². The molecule has 0 bridgehead atoms. The van der Waals surface area contributed by atoms with E-state index < -0.39 is 5.41 Å². The number of hydrogen-bond donors (Lipinski definition) is 2. The highest BCUT2D eigenvalue weighted by molar-refractivity contribution is 5.87. The minimum atomic E-state index is -0.586. The lowest BCUT2D eigenvalue weighted by atomic mass is 9.83. The second-order valence-corrected chi connectivity index (χ2v) is 5.44. The minimum absolute atomic E-state index is 0.0591. The van der Waals surface area contributed by atoms with Gasteiger partial charge in [-0.1, -0.05) is 12.1 Å². The molecule has 3 N–H and O–H groups in total. The van der Waals surface area contributed by atoms with E-state index in [9.17, 15) is 9.90 Å². The van der Waals surface area contributed by atoms with Crippen molar-refractivity contribution >= 4 is 11.6 Å². The molecule has 1 fully saturated rings. The first-order chi connectivity index (χ1) is 8.41. The molecular weight excluding hydrogens is 228 g/mol. The van der Waals surface area contributed by atoms with Crippen LogP contribution in [0, 0.1) is 0 Å². The number of nitrogens with two attached hydrogens (primary N) is 1. The van der Waals surface area contributed by atoms with Crippen LogP contribution in [0.5, 0.6) is 0 Å². The molecule has 4 heteroatoms. The van der Waals surface area contributed by atoms with Crippen LogP contribution < -0.4 is 5.73 Å². The van der Waals surface area contributed by atoms with E-state index in [0.717, 1.165) is 5.56 Å². The molecule has 1 amide bonds. The summed E-state index contributed by atoms with van der Waals surface area (Å²) in [5.41, 5.74) is 6.71. The fraction of sp³-hybridized carbons (Fsp3) is 0.500. The fourth-order valence-electron chi connectivity index (χ4n) is 2.34. The molecule has 4 nitrogen and oxygen atoms in total. The molecule has 0 aromatic heterocycles. The molecule has 1 aromatic rings. The number of nitrogens with zero attached hydrogens (tertiary/aromatic N) is 1. The first kappa shape index (κ1) is 12.9. The number of likely N-dealkylation sites (tertiary alicyclic amines) is 1. The van der Waals surface area contributed by atoms with Crippen molar-refractivity contribution in [2.45, 2.75) is 31.8 Å². The van der Waals surface area contributed by atoms with E-state index in [1.165, 1.54) is 0 Å². The molecule has 18 heavy (non-hydrogen) atoms. The Kier molecular flexibility index (Phi) is 3.30. The van der Waals surface area contributed by atoms with Gasteiger partial charge in [0.05, 0.1) is 11.5 Å². The maximum Gasteiger partial charge on any atom is 0.232 e. The molecular formula is C14H20N2O2. The Morgan fingerprint density at radius 1 is 1.39 bits per heavy atom. The monoisotopic (exact) mass is 248 g/mol. The lowest BCUT2D eigenvalue weighted by molar-refractivity contribution is -0.135. The molecule has 1 saturated heterocycles. The molecule has 0 radical (unpaired) electrons. The third kappa shape index (κ3) is 2.34. The summed E-state index contributed by atoms with van der Waals surface area (Å²) >= 11 is 0. The summed E-state index contributed by atoms with van der Waals surface area (Å²) in [6.45, 7) is 4.90. The van der Waals surface area contributed by atoms with Crippen molar-refractivity contribution in [3.8, 4) is 0 Å². The second-order valence-electron chi connectivity index (χ2n) is 5.44. The van der Waals surface area contributed by atoms with E-state index >= 15 is 0 Å². The van der Waals surface area contributed by atoms with Crippen molar-refractivity contribution in [1.29, 1.82) is 0 Å². The highest BCUT2D eigenvalue weighted by Gasteiger charge is 2.36. The quantitative estimate of drug-likeness (QED) is 0.771. The van der Waals surface area contributed by atoms with Crippen LogP contribution in [0.1, 0.15) is 25.8 Å². The summed E-state index contributed by atoms with van der Waals surface area (Å²) in [6.07, 6.45) is 0.292. The van der Waals surface area contributed by atoms with E-state index in [-0.39, 0.29) is 12.0 Å². The van der Waals surface area contributed by atoms with Crippen LogP contribution in [-0.4, -0.2) is 35.1 Å². The summed E-state index contributed by atoms with van der Waals surface area (Å²) in [5, 5.41) is 9.51. The zero-order chi connectivity index (χ0) is 13.3.